The van der Waals surface area contributed by atoms with Gasteiger partial charge in [-0.1, -0.05) is 6.92 Å². The van der Waals surface area contributed by atoms with E-state index in [1.165, 1.54) is 0 Å². The second-order valence-electron chi connectivity index (χ2n) is 4.28. The number of nitrogens with zero attached hydrogens (tertiary/aromatic N) is 1. The Kier molecular flexibility index (Phi) is 4.20. The van der Waals surface area contributed by atoms with E-state index >= 15 is 0 Å². The zero-order valence-electron chi connectivity index (χ0n) is 10.9. The lowest BCUT2D eigenvalue weighted by molar-refractivity contribution is 0.0303. The van der Waals surface area contributed by atoms with Crippen LogP contribution in [0.25, 0.3) is 0 Å². The third kappa shape index (κ3) is 2.64. The number of methoxy groups -OCH3 is 1. The summed E-state index contributed by atoms with van der Waals surface area (Å²) in [7, 11) is 1.65. The van der Waals surface area contributed by atoms with Gasteiger partial charge in [0.2, 0.25) is 0 Å². The van der Waals surface area contributed by atoms with Gasteiger partial charge in [0, 0.05) is 18.7 Å². The van der Waals surface area contributed by atoms with Crippen molar-refractivity contribution in [3.63, 3.8) is 0 Å². The van der Waals surface area contributed by atoms with E-state index in [-0.39, 0.29) is 5.91 Å². The van der Waals surface area contributed by atoms with Gasteiger partial charge in [-0.25, -0.2) is 0 Å². The number of hydrogen-bond donors (Lipinski definition) is 0. The summed E-state index contributed by atoms with van der Waals surface area (Å²) in [6, 6.07) is 5.62. The Hall–Kier alpha value is -1.55. The van der Waals surface area contributed by atoms with Crippen LogP contribution >= 0.6 is 0 Å². The van der Waals surface area contributed by atoms with Crippen molar-refractivity contribution >= 4 is 5.91 Å². The molecule has 0 bridgehead atoms. The number of rotatable bonds is 3. The predicted octanol–water partition coefficient (Wildman–Crippen LogP) is 1.73. The molecule has 4 nitrogen and oxygen atoms in total. The molecule has 0 aromatic heterocycles. The smallest absolute Gasteiger partial charge is 0.254 e. The lowest BCUT2D eigenvalue weighted by atomic mass is 10.1. The molecule has 18 heavy (non-hydrogen) atoms. The van der Waals surface area contributed by atoms with Crippen molar-refractivity contribution in [1.29, 1.82) is 0 Å². The van der Waals surface area contributed by atoms with Crippen molar-refractivity contribution in [2.45, 2.75) is 13.3 Å². The topological polar surface area (TPSA) is 38.8 Å². The van der Waals surface area contributed by atoms with Crippen LogP contribution in [0.15, 0.2) is 18.2 Å². The van der Waals surface area contributed by atoms with E-state index in [1.54, 1.807) is 7.11 Å². The highest BCUT2D eigenvalue weighted by Gasteiger charge is 2.19. The summed E-state index contributed by atoms with van der Waals surface area (Å²) >= 11 is 0. The maximum Gasteiger partial charge on any atom is 0.254 e. The summed E-state index contributed by atoms with van der Waals surface area (Å²) in [5.41, 5.74) is 1.80. The molecular formula is C14H19NO3. The molecule has 1 aromatic rings. The van der Waals surface area contributed by atoms with Gasteiger partial charge >= 0.3 is 0 Å². The number of morpholine rings is 1. The summed E-state index contributed by atoms with van der Waals surface area (Å²) in [5, 5.41) is 0. The van der Waals surface area contributed by atoms with E-state index in [4.69, 9.17) is 9.47 Å². The lowest BCUT2D eigenvalue weighted by Gasteiger charge is -2.27. The van der Waals surface area contributed by atoms with Crippen molar-refractivity contribution in [2.24, 2.45) is 0 Å². The van der Waals surface area contributed by atoms with Crippen molar-refractivity contribution in [2.75, 3.05) is 33.4 Å². The summed E-state index contributed by atoms with van der Waals surface area (Å²) in [6.45, 7) is 4.66. The monoisotopic (exact) mass is 249 g/mol. The van der Waals surface area contributed by atoms with Crippen LogP contribution in [0.4, 0.5) is 0 Å². The van der Waals surface area contributed by atoms with Gasteiger partial charge in [-0.2, -0.15) is 0 Å². The second kappa shape index (κ2) is 5.87. The van der Waals surface area contributed by atoms with Crippen molar-refractivity contribution < 1.29 is 14.3 Å². The largest absolute Gasteiger partial charge is 0.496 e. The van der Waals surface area contributed by atoms with Gasteiger partial charge in [-0.15, -0.1) is 0 Å². The Balaban J connectivity index is 2.19. The molecule has 0 spiro atoms. The summed E-state index contributed by atoms with van der Waals surface area (Å²) in [5.74, 6) is 0.923. The van der Waals surface area contributed by atoms with E-state index in [9.17, 15) is 4.79 Å². The van der Waals surface area contributed by atoms with Crippen LogP contribution in [0.5, 0.6) is 5.75 Å². The van der Waals surface area contributed by atoms with Gasteiger partial charge < -0.3 is 14.4 Å². The fraction of sp³-hybridized carbons (Fsp3) is 0.500. The first kappa shape index (κ1) is 12.9. The lowest BCUT2D eigenvalue weighted by Crippen LogP contribution is -2.40. The Morgan fingerprint density at radius 2 is 2.11 bits per heavy atom. The SMILES string of the molecule is CCc1cc(C(=O)N2CCOCC2)ccc1OC. The van der Waals surface area contributed by atoms with Gasteiger partial charge in [0.15, 0.2) is 0 Å². The molecule has 0 aliphatic carbocycles. The molecule has 2 rings (SSSR count). The molecule has 1 fully saturated rings. The molecule has 0 atom stereocenters. The zero-order chi connectivity index (χ0) is 13.0. The van der Waals surface area contributed by atoms with Crippen LogP contribution in [0, 0.1) is 0 Å². The summed E-state index contributed by atoms with van der Waals surface area (Å²) in [4.78, 5) is 14.1. The van der Waals surface area contributed by atoms with Gasteiger partial charge in [0.25, 0.3) is 5.91 Å². The van der Waals surface area contributed by atoms with E-state index in [0.717, 1.165) is 23.3 Å². The van der Waals surface area contributed by atoms with Crippen LogP contribution in [0.3, 0.4) is 0 Å². The molecule has 1 aliphatic heterocycles. The number of amides is 1. The van der Waals surface area contributed by atoms with Crippen LogP contribution < -0.4 is 4.74 Å². The van der Waals surface area contributed by atoms with E-state index < -0.39 is 0 Å². The van der Waals surface area contributed by atoms with Crippen LogP contribution in [0.2, 0.25) is 0 Å². The van der Waals surface area contributed by atoms with Crippen LogP contribution in [-0.4, -0.2) is 44.2 Å². The molecule has 1 amide bonds. The minimum Gasteiger partial charge on any atom is -0.496 e. The average molecular weight is 249 g/mol. The van der Waals surface area contributed by atoms with Gasteiger partial charge in [-0.3, -0.25) is 4.79 Å². The number of carbonyl (C=O) groups is 1. The first-order valence-electron chi connectivity index (χ1n) is 6.30. The van der Waals surface area contributed by atoms with E-state index in [1.807, 2.05) is 23.1 Å². The normalized spacial score (nSPS) is 15.6. The first-order chi connectivity index (χ1) is 8.76. The molecular weight excluding hydrogens is 230 g/mol. The maximum absolute atomic E-state index is 12.3. The summed E-state index contributed by atoms with van der Waals surface area (Å²) in [6.07, 6.45) is 0.855. The molecule has 4 heteroatoms. The van der Waals surface area contributed by atoms with Crippen molar-refractivity contribution in [3.05, 3.63) is 29.3 Å². The summed E-state index contributed by atoms with van der Waals surface area (Å²) < 4.78 is 10.5. The first-order valence-corrected chi connectivity index (χ1v) is 6.30. The Labute approximate surface area is 107 Å². The third-order valence-electron chi connectivity index (χ3n) is 3.21. The molecule has 98 valence electrons. The Bertz CT molecular complexity index is 425. The molecule has 1 aromatic carbocycles. The minimum absolute atomic E-state index is 0.0793. The number of aryl methyl sites for hydroxylation is 1. The van der Waals surface area contributed by atoms with Gasteiger partial charge in [0.05, 0.1) is 20.3 Å². The third-order valence-corrected chi connectivity index (χ3v) is 3.21. The predicted molar refractivity (Wildman–Crippen MR) is 69.1 cm³/mol. The second-order valence-corrected chi connectivity index (χ2v) is 4.28. The van der Waals surface area contributed by atoms with Crippen LogP contribution in [0.1, 0.15) is 22.8 Å². The molecule has 0 radical (unpaired) electrons. The van der Waals surface area contributed by atoms with Crippen molar-refractivity contribution in [3.8, 4) is 5.75 Å². The molecule has 1 aliphatic rings. The highest BCUT2D eigenvalue weighted by molar-refractivity contribution is 5.94. The molecule has 0 saturated carbocycles. The zero-order valence-corrected chi connectivity index (χ0v) is 10.9. The van der Waals surface area contributed by atoms with Crippen LogP contribution in [-0.2, 0) is 11.2 Å². The van der Waals surface area contributed by atoms with Gasteiger partial charge in [-0.05, 0) is 30.2 Å². The molecule has 0 N–H and O–H groups in total. The van der Waals surface area contributed by atoms with Crippen molar-refractivity contribution in [1.82, 2.24) is 4.90 Å². The number of ether oxygens (including phenoxy) is 2. The number of benzene rings is 1. The van der Waals surface area contributed by atoms with Gasteiger partial charge in [0.1, 0.15) is 5.75 Å². The van der Waals surface area contributed by atoms with E-state index in [0.29, 0.717) is 26.3 Å². The quantitative estimate of drug-likeness (QED) is 0.819. The number of carbonyl (C=O) groups excluding carboxylic acids is 1. The molecule has 1 heterocycles. The highest BCUT2D eigenvalue weighted by atomic mass is 16.5. The Morgan fingerprint density at radius 3 is 2.72 bits per heavy atom. The van der Waals surface area contributed by atoms with E-state index in [2.05, 4.69) is 6.92 Å². The highest BCUT2D eigenvalue weighted by Crippen LogP contribution is 2.21. The maximum atomic E-state index is 12.3. The molecule has 1 saturated heterocycles. The minimum atomic E-state index is 0.0793. The number of hydrogen-bond acceptors (Lipinski definition) is 3. The standard InChI is InChI=1S/C14H19NO3/c1-3-11-10-12(4-5-13(11)17-2)14(16)15-6-8-18-9-7-15/h4-5,10H,3,6-9H2,1-2H3. The fourth-order valence-electron chi connectivity index (χ4n) is 2.14. The fourth-order valence-corrected chi connectivity index (χ4v) is 2.14. The molecule has 0 unspecified atom stereocenters. The average Bonchev–Trinajstić information content (AvgIpc) is 2.46. The Morgan fingerprint density at radius 1 is 1.39 bits per heavy atom.